The summed E-state index contributed by atoms with van der Waals surface area (Å²) in [6.07, 6.45) is 14.2. The minimum absolute atomic E-state index is 0.368. The molecule has 5 nitrogen and oxygen atoms in total. The maximum Gasteiger partial charge on any atom is 0.330 e. The molecule has 3 rings (SSSR count). The van der Waals surface area contributed by atoms with E-state index in [1.807, 2.05) is 0 Å². The first kappa shape index (κ1) is 30.1. The molecule has 2 aromatic carbocycles. The molecule has 0 radical (unpaired) electrons. The molecule has 202 valence electrons. The number of carbonyl (C=O) groups excluding carboxylic acids is 2. The van der Waals surface area contributed by atoms with Crippen molar-refractivity contribution in [3.63, 3.8) is 0 Å². The van der Waals surface area contributed by atoms with E-state index in [0.29, 0.717) is 18.8 Å². The Hall–Kier alpha value is -3.08. The van der Waals surface area contributed by atoms with Crippen LogP contribution in [0.5, 0.6) is 11.5 Å². The lowest BCUT2D eigenvalue weighted by Crippen LogP contribution is -2.13. The Bertz CT molecular complexity index is 896. The maximum atomic E-state index is 10.8. The number of carbonyl (C=O) groups is 2. The molecule has 5 heteroatoms. The van der Waals surface area contributed by atoms with Crippen molar-refractivity contribution in [1.82, 2.24) is 0 Å². The Balaban J connectivity index is 0.000000263. The highest BCUT2D eigenvalue weighted by molar-refractivity contribution is 5.81. The molecule has 0 atom stereocenters. The van der Waals surface area contributed by atoms with Gasteiger partial charge in [0.25, 0.3) is 0 Å². The van der Waals surface area contributed by atoms with Gasteiger partial charge in [0.15, 0.2) is 0 Å². The van der Waals surface area contributed by atoms with E-state index in [1.54, 1.807) is 31.4 Å². The molecule has 0 amide bonds. The van der Waals surface area contributed by atoms with Crippen LogP contribution < -0.4 is 9.47 Å². The van der Waals surface area contributed by atoms with Crippen LogP contribution in [0.15, 0.2) is 61.2 Å². The maximum absolute atomic E-state index is 10.8. The average Bonchev–Trinajstić information content (AvgIpc) is 2.95. The molecule has 0 unspecified atom stereocenters. The van der Waals surface area contributed by atoms with Gasteiger partial charge in [-0.25, -0.2) is 4.79 Å². The van der Waals surface area contributed by atoms with E-state index in [1.165, 1.54) is 50.2 Å². The van der Waals surface area contributed by atoms with E-state index in [-0.39, 0.29) is 5.97 Å². The average molecular weight is 509 g/mol. The van der Waals surface area contributed by atoms with E-state index in [2.05, 4.69) is 37.8 Å². The van der Waals surface area contributed by atoms with E-state index >= 15 is 0 Å². The summed E-state index contributed by atoms with van der Waals surface area (Å²) in [4.78, 5) is 21.3. The first-order chi connectivity index (χ1) is 18.1. The summed E-state index contributed by atoms with van der Waals surface area (Å²) in [6.45, 7) is 6.72. The Kier molecular flexibility index (Phi) is 14.8. The van der Waals surface area contributed by atoms with Crippen LogP contribution in [0.25, 0.3) is 0 Å². The van der Waals surface area contributed by atoms with E-state index in [0.717, 1.165) is 55.3 Å². The standard InChI is InChI=1S/C16H20O4.C16H24O/c1-2-16(18)20-12-6-4-3-5-11-19-15-9-7-14(13-17)8-10-15;1-3-4-13-5-7-14(8-6-13)15-9-11-16(17-2)12-10-15/h2,7-10,13H,1,3-6,11-12H2;9-14H,3-8H2,1-2H3. The van der Waals surface area contributed by atoms with Gasteiger partial charge in [-0.2, -0.15) is 0 Å². The highest BCUT2D eigenvalue weighted by atomic mass is 16.5. The first-order valence-corrected chi connectivity index (χ1v) is 13.7. The largest absolute Gasteiger partial charge is 0.497 e. The SMILES string of the molecule is C=CC(=O)OCCCCCCOc1ccc(C=O)cc1.CCCC1CCC(c2ccc(OC)cc2)CC1. The zero-order valence-corrected chi connectivity index (χ0v) is 22.7. The lowest BCUT2D eigenvalue weighted by Gasteiger charge is -2.28. The molecule has 1 fully saturated rings. The van der Waals surface area contributed by atoms with Crippen molar-refractivity contribution < 1.29 is 23.8 Å². The minimum Gasteiger partial charge on any atom is -0.497 e. The van der Waals surface area contributed by atoms with E-state index in [9.17, 15) is 9.59 Å². The molecular weight excluding hydrogens is 464 g/mol. The monoisotopic (exact) mass is 508 g/mol. The topological polar surface area (TPSA) is 61.8 Å². The lowest BCUT2D eigenvalue weighted by molar-refractivity contribution is -0.137. The second-order valence-electron chi connectivity index (χ2n) is 9.60. The van der Waals surface area contributed by atoms with Crippen molar-refractivity contribution in [3.8, 4) is 11.5 Å². The molecule has 0 heterocycles. The number of ether oxygens (including phenoxy) is 3. The van der Waals surface area contributed by atoms with Crippen LogP contribution in [0.1, 0.15) is 93.0 Å². The molecular formula is C32H44O5. The van der Waals surface area contributed by atoms with Crippen LogP contribution in [0, 0.1) is 5.92 Å². The van der Waals surface area contributed by atoms with Gasteiger partial charge in [0.05, 0.1) is 20.3 Å². The minimum atomic E-state index is -0.368. The van der Waals surface area contributed by atoms with Crippen molar-refractivity contribution in [2.24, 2.45) is 5.92 Å². The number of methoxy groups -OCH3 is 1. The molecule has 1 aliphatic rings. The number of unbranched alkanes of at least 4 members (excludes halogenated alkanes) is 3. The molecule has 0 saturated heterocycles. The summed E-state index contributed by atoms with van der Waals surface area (Å²) >= 11 is 0. The Morgan fingerprint density at radius 2 is 1.51 bits per heavy atom. The zero-order valence-electron chi connectivity index (χ0n) is 22.7. The predicted octanol–water partition coefficient (Wildman–Crippen LogP) is 7.94. The summed E-state index contributed by atoms with van der Waals surface area (Å²) < 4.78 is 15.6. The number of hydrogen-bond acceptors (Lipinski definition) is 5. The predicted molar refractivity (Wildman–Crippen MR) is 150 cm³/mol. The fraction of sp³-hybridized carbons (Fsp3) is 0.500. The smallest absolute Gasteiger partial charge is 0.330 e. The van der Waals surface area contributed by atoms with Gasteiger partial charge in [-0.15, -0.1) is 0 Å². The fourth-order valence-electron chi connectivity index (χ4n) is 4.69. The lowest BCUT2D eigenvalue weighted by atomic mass is 9.77. The molecule has 1 saturated carbocycles. The van der Waals surface area contributed by atoms with Crippen molar-refractivity contribution in [1.29, 1.82) is 0 Å². The number of rotatable bonds is 14. The summed E-state index contributed by atoms with van der Waals surface area (Å²) in [5.41, 5.74) is 2.15. The number of aldehydes is 1. The molecule has 2 aromatic rings. The Morgan fingerprint density at radius 3 is 2.08 bits per heavy atom. The highest BCUT2D eigenvalue weighted by Gasteiger charge is 2.21. The molecule has 0 spiro atoms. The van der Waals surface area contributed by atoms with Gasteiger partial charge >= 0.3 is 5.97 Å². The second-order valence-corrected chi connectivity index (χ2v) is 9.60. The van der Waals surface area contributed by atoms with Gasteiger partial charge in [-0.3, -0.25) is 4.79 Å². The number of benzene rings is 2. The van der Waals surface area contributed by atoms with E-state index < -0.39 is 0 Å². The molecule has 0 aromatic heterocycles. The quantitative estimate of drug-likeness (QED) is 0.112. The van der Waals surface area contributed by atoms with Gasteiger partial charge in [-0.1, -0.05) is 38.5 Å². The number of esters is 1. The van der Waals surface area contributed by atoms with Gasteiger partial charge in [0, 0.05) is 11.6 Å². The zero-order chi connectivity index (χ0) is 26.7. The Labute approximate surface area is 223 Å². The van der Waals surface area contributed by atoms with Crippen molar-refractivity contribution in [3.05, 3.63) is 72.3 Å². The number of hydrogen-bond donors (Lipinski definition) is 0. The van der Waals surface area contributed by atoms with Crippen LogP contribution in [0.2, 0.25) is 0 Å². The molecule has 1 aliphatic carbocycles. The normalized spacial score (nSPS) is 16.6. The third kappa shape index (κ3) is 12.1. The highest BCUT2D eigenvalue weighted by Crippen LogP contribution is 2.37. The summed E-state index contributed by atoms with van der Waals surface area (Å²) in [5.74, 6) is 3.15. The van der Waals surface area contributed by atoms with Gasteiger partial charge in [0.2, 0.25) is 0 Å². The van der Waals surface area contributed by atoms with Crippen LogP contribution in [0.3, 0.4) is 0 Å². The van der Waals surface area contributed by atoms with Gasteiger partial charge in [-0.05, 0) is 105 Å². The van der Waals surface area contributed by atoms with Gasteiger partial charge in [0.1, 0.15) is 17.8 Å². The van der Waals surface area contributed by atoms with Crippen LogP contribution in [0.4, 0.5) is 0 Å². The molecule has 0 bridgehead atoms. The molecule has 0 N–H and O–H groups in total. The molecule has 37 heavy (non-hydrogen) atoms. The van der Waals surface area contributed by atoms with Crippen molar-refractivity contribution in [2.75, 3.05) is 20.3 Å². The third-order valence-electron chi connectivity index (χ3n) is 6.87. The summed E-state index contributed by atoms with van der Waals surface area (Å²) in [7, 11) is 1.73. The van der Waals surface area contributed by atoms with Crippen molar-refractivity contribution >= 4 is 12.3 Å². The van der Waals surface area contributed by atoms with Crippen LogP contribution >= 0.6 is 0 Å². The summed E-state index contributed by atoms with van der Waals surface area (Å²) in [6, 6.07) is 15.7. The van der Waals surface area contributed by atoms with Crippen molar-refractivity contribution in [2.45, 2.75) is 77.0 Å². The van der Waals surface area contributed by atoms with Gasteiger partial charge < -0.3 is 14.2 Å². The first-order valence-electron chi connectivity index (χ1n) is 13.7. The fourth-order valence-corrected chi connectivity index (χ4v) is 4.69. The third-order valence-corrected chi connectivity index (χ3v) is 6.87. The van der Waals surface area contributed by atoms with Crippen LogP contribution in [-0.4, -0.2) is 32.6 Å². The Morgan fingerprint density at radius 1 is 0.892 bits per heavy atom. The van der Waals surface area contributed by atoms with Crippen LogP contribution in [-0.2, 0) is 9.53 Å². The molecule has 0 aliphatic heterocycles. The second kappa shape index (κ2) is 18.2. The van der Waals surface area contributed by atoms with E-state index in [4.69, 9.17) is 14.2 Å². The summed E-state index contributed by atoms with van der Waals surface area (Å²) in [5, 5.41) is 0.